The molecule has 2 fully saturated rings. The summed E-state index contributed by atoms with van der Waals surface area (Å²) in [4.78, 5) is 18.2. The lowest BCUT2D eigenvalue weighted by Crippen LogP contribution is -2.53. The van der Waals surface area contributed by atoms with Crippen molar-refractivity contribution in [1.29, 1.82) is 0 Å². The lowest BCUT2D eigenvalue weighted by molar-refractivity contribution is -0.145. The zero-order valence-corrected chi connectivity index (χ0v) is 15.3. The molecule has 4 nitrogen and oxygen atoms in total. The molecule has 1 unspecified atom stereocenters. The topological polar surface area (TPSA) is 26.8 Å². The van der Waals surface area contributed by atoms with Crippen LogP contribution < -0.4 is 4.90 Å². The molecule has 0 radical (unpaired) electrons. The normalized spacial score (nSPS) is 23.9. The third-order valence-electron chi connectivity index (χ3n) is 5.02. The van der Waals surface area contributed by atoms with E-state index in [9.17, 15) is 18.0 Å². The Kier molecular flexibility index (Phi) is 6.10. The average Bonchev–Trinajstić information content (AvgIpc) is 2.80. The van der Waals surface area contributed by atoms with E-state index in [1.54, 1.807) is 11.0 Å². The summed E-state index contributed by atoms with van der Waals surface area (Å²) < 4.78 is 37.9. The minimum absolute atomic E-state index is 0.00591. The molecule has 0 spiro atoms. The molecule has 0 aliphatic carbocycles. The molecule has 1 amide bonds. The second-order valence-electron chi connectivity index (χ2n) is 6.88. The molecule has 26 heavy (non-hydrogen) atoms. The van der Waals surface area contributed by atoms with Crippen molar-refractivity contribution in [2.45, 2.75) is 31.5 Å². The minimum Gasteiger partial charge on any atom is -0.310 e. The zero-order chi connectivity index (χ0) is 18.7. The molecule has 8 heteroatoms. The van der Waals surface area contributed by atoms with Crippen LogP contribution in [0.4, 0.5) is 18.9 Å². The summed E-state index contributed by atoms with van der Waals surface area (Å²) in [5.74, 6) is -0.00591. The van der Waals surface area contributed by atoms with Crippen LogP contribution >= 0.6 is 11.6 Å². The number of hydrogen-bond acceptors (Lipinski definition) is 3. The van der Waals surface area contributed by atoms with Gasteiger partial charge in [0.1, 0.15) is 0 Å². The number of anilines is 1. The molecule has 1 atom stereocenters. The largest absolute Gasteiger partial charge is 0.401 e. The highest BCUT2D eigenvalue weighted by molar-refractivity contribution is 6.33. The number of nitrogens with zero attached hydrogens (tertiary/aromatic N) is 3. The van der Waals surface area contributed by atoms with Gasteiger partial charge in [-0.1, -0.05) is 23.7 Å². The highest BCUT2D eigenvalue weighted by Crippen LogP contribution is 2.30. The Morgan fingerprint density at radius 1 is 1.04 bits per heavy atom. The van der Waals surface area contributed by atoms with Crippen LogP contribution in [0.3, 0.4) is 0 Å². The van der Waals surface area contributed by atoms with Gasteiger partial charge in [-0.25, -0.2) is 0 Å². The fraction of sp³-hybridized carbons (Fsp3) is 0.611. The molecular formula is C18H23ClF3N3O. The van der Waals surface area contributed by atoms with Gasteiger partial charge in [0.05, 0.1) is 23.3 Å². The number of piperidine rings is 1. The number of carbonyl (C=O) groups is 1. The molecule has 3 rings (SSSR count). The van der Waals surface area contributed by atoms with Gasteiger partial charge in [0.2, 0.25) is 5.91 Å². The molecule has 2 aliphatic heterocycles. The van der Waals surface area contributed by atoms with Crippen LogP contribution in [0.2, 0.25) is 5.02 Å². The Hall–Kier alpha value is -1.31. The van der Waals surface area contributed by atoms with Crippen molar-refractivity contribution in [3.05, 3.63) is 29.3 Å². The van der Waals surface area contributed by atoms with Gasteiger partial charge in [-0.2, -0.15) is 13.2 Å². The number of amides is 1. The van der Waals surface area contributed by atoms with Crippen LogP contribution in [0.15, 0.2) is 24.3 Å². The highest BCUT2D eigenvalue weighted by atomic mass is 35.5. The predicted molar refractivity (Wildman–Crippen MR) is 95.5 cm³/mol. The quantitative estimate of drug-likeness (QED) is 0.792. The summed E-state index contributed by atoms with van der Waals surface area (Å²) in [6.45, 7) is 1.59. The fourth-order valence-electron chi connectivity index (χ4n) is 3.82. The standard InChI is InChI=1S/C18H23ClF3N3O/c19-14-5-1-2-6-15(14)25-10-3-7-16(17(25)26)24-9-4-8-23(11-12-24)13-18(20,21)22/h1-2,5-6,16H,3-4,7-13H2. The van der Waals surface area contributed by atoms with Crippen molar-refractivity contribution in [3.8, 4) is 0 Å². The van der Waals surface area contributed by atoms with Crippen LogP contribution in [0, 0.1) is 0 Å². The smallest absolute Gasteiger partial charge is 0.310 e. The van der Waals surface area contributed by atoms with Crippen molar-refractivity contribution in [3.63, 3.8) is 0 Å². The first-order valence-electron chi connectivity index (χ1n) is 8.94. The Morgan fingerprint density at radius 3 is 2.54 bits per heavy atom. The van der Waals surface area contributed by atoms with Crippen LogP contribution in [0.25, 0.3) is 0 Å². The average molecular weight is 390 g/mol. The van der Waals surface area contributed by atoms with E-state index in [0.29, 0.717) is 49.9 Å². The van der Waals surface area contributed by atoms with Crippen molar-refractivity contribution in [2.75, 3.05) is 44.2 Å². The van der Waals surface area contributed by atoms with Gasteiger partial charge >= 0.3 is 6.18 Å². The lowest BCUT2D eigenvalue weighted by atomic mass is 10.0. The van der Waals surface area contributed by atoms with Gasteiger partial charge in [-0.05, 0) is 37.9 Å². The number of benzene rings is 1. The summed E-state index contributed by atoms with van der Waals surface area (Å²) in [7, 11) is 0. The van der Waals surface area contributed by atoms with E-state index in [0.717, 1.165) is 12.8 Å². The third kappa shape index (κ3) is 4.69. The molecule has 0 bridgehead atoms. The number of rotatable bonds is 3. The fourth-order valence-corrected chi connectivity index (χ4v) is 4.06. The molecule has 0 saturated carbocycles. The molecule has 0 N–H and O–H groups in total. The third-order valence-corrected chi connectivity index (χ3v) is 5.34. The van der Waals surface area contributed by atoms with Gasteiger partial charge < -0.3 is 4.90 Å². The Labute approximate surface area is 156 Å². The zero-order valence-electron chi connectivity index (χ0n) is 14.5. The van der Waals surface area contributed by atoms with Crippen molar-refractivity contribution < 1.29 is 18.0 Å². The van der Waals surface area contributed by atoms with Crippen LogP contribution in [-0.4, -0.2) is 67.2 Å². The molecule has 0 aromatic heterocycles. The maximum absolute atomic E-state index is 13.0. The molecule has 1 aromatic carbocycles. The Bertz CT molecular complexity index is 640. The summed E-state index contributed by atoms with van der Waals surface area (Å²) in [6.07, 6.45) is -1.97. The van der Waals surface area contributed by atoms with E-state index < -0.39 is 12.7 Å². The molecule has 2 saturated heterocycles. The Balaban J connectivity index is 1.67. The second-order valence-corrected chi connectivity index (χ2v) is 7.29. The van der Waals surface area contributed by atoms with E-state index in [4.69, 9.17) is 11.6 Å². The summed E-state index contributed by atoms with van der Waals surface area (Å²) in [5.41, 5.74) is 0.706. The van der Waals surface area contributed by atoms with E-state index in [2.05, 4.69) is 0 Å². The van der Waals surface area contributed by atoms with Gasteiger partial charge in [0.25, 0.3) is 0 Å². The SMILES string of the molecule is O=C1C(N2CCCN(CC(F)(F)F)CC2)CCCN1c1ccccc1Cl. The van der Waals surface area contributed by atoms with Crippen LogP contribution in [-0.2, 0) is 4.79 Å². The maximum atomic E-state index is 13.0. The molecule has 2 aliphatic rings. The molecule has 2 heterocycles. The highest BCUT2D eigenvalue weighted by Gasteiger charge is 2.36. The summed E-state index contributed by atoms with van der Waals surface area (Å²) >= 11 is 6.24. The monoisotopic (exact) mass is 389 g/mol. The minimum atomic E-state index is -4.18. The molecule has 1 aromatic rings. The number of carbonyl (C=O) groups excluding carboxylic acids is 1. The summed E-state index contributed by atoms with van der Waals surface area (Å²) in [5, 5.41) is 0.536. The first kappa shape index (κ1) is 19.5. The summed E-state index contributed by atoms with van der Waals surface area (Å²) in [6, 6.07) is 6.97. The Morgan fingerprint density at radius 2 is 1.81 bits per heavy atom. The second kappa shape index (κ2) is 8.15. The van der Waals surface area contributed by atoms with E-state index >= 15 is 0 Å². The number of halogens is 4. The van der Waals surface area contributed by atoms with Crippen molar-refractivity contribution in [2.24, 2.45) is 0 Å². The van der Waals surface area contributed by atoms with E-state index in [1.165, 1.54) is 4.90 Å². The number of para-hydroxylation sites is 1. The van der Waals surface area contributed by atoms with Gasteiger partial charge in [0, 0.05) is 26.2 Å². The van der Waals surface area contributed by atoms with Crippen LogP contribution in [0.1, 0.15) is 19.3 Å². The number of alkyl halides is 3. The molecular weight excluding hydrogens is 367 g/mol. The van der Waals surface area contributed by atoms with E-state index in [-0.39, 0.29) is 11.9 Å². The van der Waals surface area contributed by atoms with Crippen molar-refractivity contribution >= 4 is 23.2 Å². The van der Waals surface area contributed by atoms with Crippen LogP contribution in [0.5, 0.6) is 0 Å². The molecule has 144 valence electrons. The van der Waals surface area contributed by atoms with Gasteiger partial charge in [0.15, 0.2) is 0 Å². The van der Waals surface area contributed by atoms with Crippen molar-refractivity contribution in [1.82, 2.24) is 9.80 Å². The lowest BCUT2D eigenvalue weighted by Gasteiger charge is -2.38. The maximum Gasteiger partial charge on any atom is 0.401 e. The first-order chi connectivity index (χ1) is 12.3. The first-order valence-corrected chi connectivity index (χ1v) is 9.32. The van der Waals surface area contributed by atoms with E-state index in [1.807, 2.05) is 23.1 Å². The van der Waals surface area contributed by atoms with Gasteiger partial charge in [-0.15, -0.1) is 0 Å². The van der Waals surface area contributed by atoms with Gasteiger partial charge in [-0.3, -0.25) is 14.6 Å². The number of hydrogen-bond donors (Lipinski definition) is 0. The predicted octanol–water partition coefficient (Wildman–Crippen LogP) is 3.41.